The van der Waals surface area contributed by atoms with E-state index in [1.807, 2.05) is 0 Å². The predicted octanol–water partition coefficient (Wildman–Crippen LogP) is 3.01. The van der Waals surface area contributed by atoms with Crippen molar-refractivity contribution in [3.8, 4) is 0 Å². The number of esters is 1. The Morgan fingerprint density at radius 1 is 1.50 bits per heavy atom. The van der Waals surface area contributed by atoms with Crippen molar-refractivity contribution >= 4 is 11.7 Å². The van der Waals surface area contributed by atoms with Crippen molar-refractivity contribution in [1.82, 2.24) is 0 Å². The summed E-state index contributed by atoms with van der Waals surface area (Å²) in [6.07, 6.45) is 0. The van der Waals surface area contributed by atoms with Crippen LogP contribution in [0.3, 0.4) is 0 Å². The van der Waals surface area contributed by atoms with Crippen LogP contribution in [0.1, 0.15) is 48.5 Å². The van der Waals surface area contributed by atoms with Gasteiger partial charge in [-0.2, -0.15) is 0 Å². The average Bonchev–Trinajstić information content (AvgIpc) is 2.57. The fourth-order valence-corrected chi connectivity index (χ4v) is 2.51. The highest BCUT2D eigenvalue weighted by molar-refractivity contribution is 5.98. The molecule has 1 aliphatic rings. The molecule has 4 heteroatoms. The zero-order valence-corrected chi connectivity index (χ0v) is 12.5. The second kappa shape index (κ2) is 4.90. The van der Waals surface area contributed by atoms with Crippen molar-refractivity contribution in [2.75, 3.05) is 6.61 Å². The van der Waals surface area contributed by atoms with E-state index in [4.69, 9.17) is 9.57 Å². The van der Waals surface area contributed by atoms with Crippen molar-refractivity contribution in [1.29, 1.82) is 0 Å². The van der Waals surface area contributed by atoms with Crippen molar-refractivity contribution in [3.05, 3.63) is 0 Å². The van der Waals surface area contributed by atoms with Gasteiger partial charge in [-0.25, -0.2) is 4.79 Å². The number of carbonyl (C=O) groups is 1. The number of hydrogen-bond donors (Lipinski definition) is 0. The van der Waals surface area contributed by atoms with Crippen LogP contribution in [0.25, 0.3) is 0 Å². The van der Waals surface area contributed by atoms with Crippen molar-refractivity contribution in [2.24, 2.45) is 22.4 Å². The SMILES string of the molecule is CCOC(=O)C1(C)ON=C(C(C)(C)C)C1C(C)C. The zero-order valence-electron chi connectivity index (χ0n) is 12.5. The highest BCUT2D eigenvalue weighted by atomic mass is 16.7. The van der Waals surface area contributed by atoms with E-state index < -0.39 is 5.60 Å². The van der Waals surface area contributed by atoms with Gasteiger partial charge in [0.2, 0.25) is 5.60 Å². The molecule has 0 N–H and O–H groups in total. The molecule has 0 fully saturated rings. The molecule has 2 unspecified atom stereocenters. The second-order valence-electron chi connectivity index (χ2n) is 6.37. The summed E-state index contributed by atoms with van der Waals surface area (Å²) in [5, 5.41) is 4.18. The molecule has 1 heterocycles. The molecule has 0 aromatic carbocycles. The van der Waals surface area contributed by atoms with E-state index >= 15 is 0 Å². The van der Waals surface area contributed by atoms with Crippen LogP contribution in [-0.2, 0) is 14.4 Å². The lowest BCUT2D eigenvalue weighted by Crippen LogP contribution is -2.49. The van der Waals surface area contributed by atoms with Gasteiger partial charge in [-0.1, -0.05) is 39.8 Å². The van der Waals surface area contributed by atoms with Crippen LogP contribution < -0.4 is 0 Å². The Hall–Kier alpha value is -1.06. The summed E-state index contributed by atoms with van der Waals surface area (Å²) in [6, 6.07) is 0. The number of rotatable bonds is 3. The monoisotopic (exact) mass is 255 g/mol. The molecule has 0 amide bonds. The summed E-state index contributed by atoms with van der Waals surface area (Å²) in [4.78, 5) is 17.6. The maximum Gasteiger partial charge on any atom is 0.353 e. The third-order valence-corrected chi connectivity index (χ3v) is 3.34. The summed E-state index contributed by atoms with van der Waals surface area (Å²) in [5.41, 5.74) is -0.167. The van der Waals surface area contributed by atoms with Crippen LogP contribution in [0.4, 0.5) is 0 Å². The molecule has 4 nitrogen and oxygen atoms in total. The Morgan fingerprint density at radius 3 is 2.44 bits per heavy atom. The van der Waals surface area contributed by atoms with Gasteiger partial charge in [-0.05, 0) is 19.8 Å². The first-order chi connectivity index (χ1) is 8.14. The molecule has 0 radical (unpaired) electrons. The minimum Gasteiger partial charge on any atom is -0.463 e. The largest absolute Gasteiger partial charge is 0.463 e. The third-order valence-electron chi connectivity index (χ3n) is 3.34. The summed E-state index contributed by atoms with van der Waals surface area (Å²) < 4.78 is 5.13. The molecule has 0 bridgehead atoms. The van der Waals surface area contributed by atoms with E-state index in [-0.39, 0.29) is 23.2 Å². The van der Waals surface area contributed by atoms with Gasteiger partial charge in [0.05, 0.1) is 18.2 Å². The van der Waals surface area contributed by atoms with E-state index in [0.717, 1.165) is 5.71 Å². The van der Waals surface area contributed by atoms with Crippen LogP contribution in [-0.4, -0.2) is 23.9 Å². The van der Waals surface area contributed by atoms with Gasteiger partial charge in [0.15, 0.2) is 0 Å². The van der Waals surface area contributed by atoms with Crippen molar-refractivity contribution in [3.63, 3.8) is 0 Å². The van der Waals surface area contributed by atoms with Crippen LogP contribution in [0.15, 0.2) is 5.16 Å². The molecule has 1 aliphatic heterocycles. The molecule has 0 aromatic heterocycles. The molecule has 1 rings (SSSR count). The van der Waals surface area contributed by atoms with E-state index in [1.54, 1.807) is 13.8 Å². The van der Waals surface area contributed by atoms with Gasteiger partial charge in [-0.15, -0.1) is 0 Å². The fraction of sp³-hybridized carbons (Fsp3) is 0.857. The normalized spacial score (nSPS) is 28.0. The number of hydrogen-bond acceptors (Lipinski definition) is 4. The minimum atomic E-state index is -0.993. The number of ether oxygens (including phenoxy) is 1. The minimum absolute atomic E-state index is 0.0449. The predicted molar refractivity (Wildman–Crippen MR) is 71.3 cm³/mol. The maximum atomic E-state index is 12.1. The lowest BCUT2D eigenvalue weighted by Gasteiger charge is -2.33. The van der Waals surface area contributed by atoms with Crippen LogP contribution in [0, 0.1) is 17.3 Å². The summed E-state index contributed by atoms with van der Waals surface area (Å²) in [5.74, 6) is -0.108. The van der Waals surface area contributed by atoms with E-state index in [1.165, 1.54) is 0 Å². The van der Waals surface area contributed by atoms with E-state index in [9.17, 15) is 4.79 Å². The molecule has 18 heavy (non-hydrogen) atoms. The van der Waals surface area contributed by atoms with Crippen LogP contribution in [0.5, 0.6) is 0 Å². The Morgan fingerprint density at radius 2 is 2.06 bits per heavy atom. The fourth-order valence-electron chi connectivity index (χ4n) is 2.51. The van der Waals surface area contributed by atoms with Crippen LogP contribution in [0.2, 0.25) is 0 Å². The maximum absolute atomic E-state index is 12.1. The van der Waals surface area contributed by atoms with Gasteiger partial charge in [-0.3, -0.25) is 0 Å². The molecule has 0 spiro atoms. The molecule has 0 aromatic rings. The summed E-state index contributed by atoms with van der Waals surface area (Å²) in [6.45, 7) is 14.3. The lowest BCUT2D eigenvalue weighted by atomic mass is 9.70. The third kappa shape index (κ3) is 2.52. The molecular weight excluding hydrogens is 230 g/mol. The van der Waals surface area contributed by atoms with Crippen molar-refractivity contribution < 1.29 is 14.4 Å². The first-order valence-corrected chi connectivity index (χ1v) is 6.58. The highest BCUT2D eigenvalue weighted by Gasteiger charge is 2.55. The van der Waals surface area contributed by atoms with Gasteiger partial charge >= 0.3 is 5.97 Å². The smallest absolute Gasteiger partial charge is 0.353 e. The van der Waals surface area contributed by atoms with Crippen molar-refractivity contribution in [2.45, 2.75) is 54.1 Å². The molecule has 2 atom stereocenters. The first-order valence-electron chi connectivity index (χ1n) is 6.58. The second-order valence-corrected chi connectivity index (χ2v) is 6.37. The summed E-state index contributed by atoms with van der Waals surface area (Å²) in [7, 11) is 0. The number of carbonyl (C=O) groups excluding carboxylic acids is 1. The van der Waals surface area contributed by atoms with Gasteiger partial charge in [0.25, 0.3) is 0 Å². The molecule has 104 valence electrons. The first kappa shape index (κ1) is 15.0. The Labute approximate surface area is 110 Å². The summed E-state index contributed by atoms with van der Waals surface area (Å²) >= 11 is 0. The number of nitrogens with zero attached hydrogens (tertiary/aromatic N) is 1. The molecular formula is C14H25NO3. The van der Waals surface area contributed by atoms with Gasteiger partial charge < -0.3 is 9.57 Å². The highest BCUT2D eigenvalue weighted by Crippen LogP contribution is 2.41. The molecule has 0 saturated heterocycles. The van der Waals surface area contributed by atoms with Gasteiger partial charge in [0.1, 0.15) is 0 Å². The molecule has 0 saturated carbocycles. The van der Waals surface area contributed by atoms with E-state index in [0.29, 0.717) is 6.61 Å². The Balaban J connectivity index is 3.09. The van der Waals surface area contributed by atoms with E-state index in [2.05, 4.69) is 39.8 Å². The lowest BCUT2D eigenvalue weighted by molar-refractivity contribution is -0.172. The topological polar surface area (TPSA) is 47.9 Å². The quantitative estimate of drug-likeness (QED) is 0.728. The zero-order chi connectivity index (χ0) is 14.1. The molecule has 0 aliphatic carbocycles. The standard InChI is InChI=1S/C14H25NO3/c1-8-17-12(16)14(7)10(9(2)3)11(15-18-14)13(4,5)6/h9-10H,8H2,1-7H3. The van der Waals surface area contributed by atoms with Crippen LogP contribution >= 0.6 is 0 Å². The number of oxime groups is 1. The average molecular weight is 255 g/mol. The Bertz CT molecular complexity index is 355. The van der Waals surface area contributed by atoms with Gasteiger partial charge in [0, 0.05) is 5.41 Å². The Kier molecular flexibility index (Phi) is 4.08.